The molecule has 0 aromatic rings. The van der Waals surface area contributed by atoms with Gasteiger partial charge in [0.05, 0.1) is 6.04 Å². The van der Waals surface area contributed by atoms with Gasteiger partial charge in [-0.2, -0.15) is 0 Å². The van der Waals surface area contributed by atoms with Crippen LogP contribution in [0.3, 0.4) is 0 Å². The molecule has 0 saturated heterocycles. The van der Waals surface area contributed by atoms with Gasteiger partial charge < -0.3 is 25.8 Å². The first kappa shape index (κ1) is 27.8. The van der Waals surface area contributed by atoms with Gasteiger partial charge in [0.2, 0.25) is 0 Å². The molecule has 0 aromatic heterocycles. The predicted molar refractivity (Wildman–Crippen MR) is 124 cm³/mol. The van der Waals surface area contributed by atoms with E-state index in [2.05, 4.69) is 20.7 Å². The van der Waals surface area contributed by atoms with Gasteiger partial charge in [-0.25, -0.2) is 9.59 Å². The molecular weight excluding hydrogens is 412 g/mol. The number of rotatable bonds is 3. The van der Waals surface area contributed by atoms with Gasteiger partial charge in [0, 0.05) is 23.0 Å². The van der Waals surface area contributed by atoms with Crippen molar-refractivity contribution in [2.45, 2.75) is 128 Å². The first-order valence-electron chi connectivity index (χ1n) is 11.6. The van der Waals surface area contributed by atoms with E-state index >= 15 is 0 Å². The number of amides is 2. The van der Waals surface area contributed by atoms with Crippen LogP contribution in [0.25, 0.3) is 10.4 Å². The average molecular weight is 455 g/mol. The molecule has 2 rings (SSSR count). The molecule has 184 valence electrons. The van der Waals surface area contributed by atoms with E-state index in [4.69, 9.17) is 20.7 Å². The Bertz CT molecular complexity index is 652. The second-order valence-corrected chi connectivity index (χ2v) is 10.5. The molecule has 2 saturated carbocycles. The maximum Gasteiger partial charge on any atom is 0.407 e. The lowest BCUT2D eigenvalue weighted by Crippen LogP contribution is -2.50. The van der Waals surface area contributed by atoms with E-state index in [1.54, 1.807) is 0 Å². The van der Waals surface area contributed by atoms with Crippen molar-refractivity contribution < 1.29 is 19.1 Å². The van der Waals surface area contributed by atoms with Crippen LogP contribution in [-0.4, -0.2) is 47.6 Å². The Balaban J connectivity index is 0.000000323. The highest BCUT2D eigenvalue weighted by molar-refractivity contribution is 5.68. The van der Waals surface area contributed by atoms with Crippen LogP contribution in [0.15, 0.2) is 5.11 Å². The van der Waals surface area contributed by atoms with E-state index < -0.39 is 17.3 Å². The highest BCUT2D eigenvalue weighted by Gasteiger charge is 2.28. The van der Waals surface area contributed by atoms with Crippen molar-refractivity contribution in [2.24, 2.45) is 10.8 Å². The smallest absolute Gasteiger partial charge is 0.407 e. The maximum absolute atomic E-state index is 11.6. The summed E-state index contributed by atoms with van der Waals surface area (Å²) in [5, 5.41) is 9.35. The fourth-order valence-electron chi connectivity index (χ4n) is 3.74. The third-order valence-electron chi connectivity index (χ3n) is 5.15. The van der Waals surface area contributed by atoms with Gasteiger partial charge in [0.15, 0.2) is 0 Å². The van der Waals surface area contributed by atoms with E-state index in [1.165, 1.54) is 0 Å². The third kappa shape index (κ3) is 12.0. The lowest BCUT2D eigenvalue weighted by Gasteiger charge is -2.30. The average Bonchev–Trinajstić information content (AvgIpc) is 2.63. The van der Waals surface area contributed by atoms with Crippen LogP contribution >= 0.6 is 0 Å². The standard InChI is InChI=1S/C11H20N4O2.C11H22N2O2/c1-11(2,3)17-10(16)13-8-6-4-5-7-9(8)14-15-12;1-11(2,3)15-10(14)13-9-7-5-4-6-8(9)12/h8-9H,4-7H2,1-3H3,(H,13,16);8-9H,4-7,12H2,1-3H3,(H,13,14)/t2*8-,9+/m01/s1. The number of nitrogens with one attached hydrogen (secondary N) is 2. The lowest BCUT2D eigenvalue weighted by atomic mass is 9.91. The molecule has 0 spiro atoms. The van der Waals surface area contributed by atoms with Gasteiger partial charge >= 0.3 is 12.2 Å². The summed E-state index contributed by atoms with van der Waals surface area (Å²) in [6.45, 7) is 11.0. The number of carbonyl (C=O) groups excluding carboxylic acids is 2. The molecule has 2 aliphatic carbocycles. The van der Waals surface area contributed by atoms with Gasteiger partial charge in [-0.3, -0.25) is 0 Å². The number of hydrogen-bond donors (Lipinski definition) is 3. The number of carbonyl (C=O) groups is 2. The van der Waals surface area contributed by atoms with Crippen molar-refractivity contribution in [3.8, 4) is 0 Å². The summed E-state index contributed by atoms with van der Waals surface area (Å²) in [5.41, 5.74) is 13.4. The fraction of sp³-hybridized carbons (Fsp3) is 0.909. The Morgan fingerprint density at radius 2 is 1.28 bits per heavy atom. The first-order valence-corrected chi connectivity index (χ1v) is 11.6. The molecule has 0 heterocycles. The predicted octanol–water partition coefficient (Wildman–Crippen LogP) is 4.91. The topological polar surface area (TPSA) is 151 Å². The van der Waals surface area contributed by atoms with Crippen molar-refractivity contribution in [1.82, 2.24) is 10.6 Å². The van der Waals surface area contributed by atoms with E-state index in [9.17, 15) is 9.59 Å². The Morgan fingerprint density at radius 3 is 1.75 bits per heavy atom. The van der Waals surface area contributed by atoms with Crippen LogP contribution < -0.4 is 16.4 Å². The summed E-state index contributed by atoms with van der Waals surface area (Å²) in [6.07, 6.45) is 7.18. The van der Waals surface area contributed by atoms with Crippen LogP contribution in [0, 0.1) is 0 Å². The molecule has 10 heteroatoms. The summed E-state index contributed by atoms with van der Waals surface area (Å²) in [6, 6.07) is -0.101. The van der Waals surface area contributed by atoms with Crippen LogP contribution in [0.5, 0.6) is 0 Å². The van der Waals surface area contributed by atoms with Crippen molar-refractivity contribution in [3.05, 3.63) is 10.4 Å². The highest BCUT2D eigenvalue weighted by atomic mass is 16.6. The second kappa shape index (κ2) is 12.7. The zero-order valence-electron chi connectivity index (χ0n) is 20.5. The van der Waals surface area contributed by atoms with E-state index in [0.717, 1.165) is 51.4 Å². The van der Waals surface area contributed by atoms with Crippen LogP contribution in [-0.2, 0) is 9.47 Å². The number of ether oxygens (including phenoxy) is 2. The molecule has 10 nitrogen and oxygen atoms in total. The van der Waals surface area contributed by atoms with Gasteiger partial charge in [-0.1, -0.05) is 30.8 Å². The van der Waals surface area contributed by atoms with Crippen molar-refractivity contribution in [1.29, 1.82) is 0 Å². The van der Waals surface area contributed by atoms with Crippen LogP contribution in [0.1, 0.15) is 92.9 Å². The third-order valence-corrected chi connectivity index (χ3v) is 5.15. The molecule has 0 aliphatic heterocycles. The maximum atomic E-state index is 11.6. The minimum absolute atomic E-state index is 0.0752. The van der Waals surface area contributed by atoms with Gasteiger partial charge in [-0.15, -0.1) is 0 Å². The molecule has 2 fully saturated rings. The van der Waals surface area contributed by atoms with E-state index in [1.807, 2.05) is 41.5 Å². The number of alkyl carbamates (subject to hydrolysis) is 2. The molecule has 0 unspecified atom stereocenters. The molecule has 2 amide bonds. The lowest BCUT2D eigenvalue weighted by molar-refractivity contribution is 0.0474. The van der Waals surface area contributed by atoms with Gasteiger partial charge in [0.25, 0.3) is 0 Å². The Morgan fingerprint density at radius 1 is 0.844 bits per heavy atom. The van der Waals surface area contributed by atoms with Gasteiger partial charge in [0.1, 0.15) is 11.2 Å². The molecule has 2 aliphatic rings. The SMILES string of the molecule is CC(C)(C)OC(=O)N[C@H]1CCCC[C@H]1N.CC(C)(C)OC(=O)N[C@H]1CCCC[C@H]1N=[N+]=[N-]. The normalized spacial score (nSPS) is 25.8. The zero-order chi connectivity index (χ0) is 24.4. The molecule has 0 bridgehead atoms. The monoisotopic (exact) mass is 454 g/mol. The summed E-state index contributed by atoms with van der Waals surface area (Å²) in [5.74, 6) is 0. The van der Waals surface area contributed by atoms with Gasteiger partial charge in [-0.05, 0) is 72.8 Å². The molecule has 0 aromatic carbocycles. The highest BCUT2D eigenvalue weighted by Crippen LogP contribution is 2.22. The van der Waals surface area contributed by atoms with Crippen LogP contribution in [0.2, 0.25) is 0 Å². The molecular formula is C22H42N6O4. The minimum atomic E-state index is -0.507. The first-order chi connectivity index (χ1) is 14.8. The molecule has 32 heavy (non-hydrogen) atoms. The zero-order valence-corrected chi connectivity index (χ0v) is 20.5. The summed E-state index contributed by atoms with van der Waals surface area (Å²) in [4.78, 5) is 25.9. The Labute approximate surface area is 192 Å². The van der Waals surface area contributed by atoms with Crippen molar-refractivity contribution in [3.63, 3.8) is 0 Å². The fourth-order valence-corrected chi connectivity index (χ4v) is 3.74. The van der Waals surface area contributed by atoms with E-state index in [-0.39, 0.29) is 30.3 Å². The Hall–Kier alpha value is -2.19. The number of nitrogens with zero attached hydrogens (tertiary/aromatic N) is 3. The number of nitrogens with two attached hydrogens (primary N) is 1. The van der Waals surface area contributed by atoms with Crippen LogP contribution in [0.4, 0.5) is 9.59 Å². The molecule has 0 radical (unpaired) electrons. The summed E-state index contributed by atoms with van der Waals surface area (Å²) in [7, 11) is 0. The number of hydrogen-bond acceptors (Lipinski definition) is 6. The summed E-state index contributed by atoms with van der Waals surface area (Å²) < 4.78 is 10.4. The minimum Gasteiger partial charge on any atom is -0.444 e. The molecule has 4 atom stereocenters. The number of azide groups is 1. The quantitative estimate of drug-likeness (QED) is 0.314. The largest absolute Gasteiger partial charge is 0.444 e. The van der Waals surface area contributed by atoms with Crippen molar-refractivity contribution in [2.75, 3.05) is 0 Å². The Kier molecular flexibility index (Phi) is 11.1. The second-order valence-electron chi connectivity index (χ2n) is 10.5. The summed E-state index contributed by atoms with van der Waals surface area (Å²) >= 11 is 0. The molecule has 4 N–H and O–H groups in total. The van der Waals surface area contributed by atoms with Crippen molar-refractivity contribution >= 4 is 12.2 Å². The van der Waals surface area contributed by atoms with E-state index in [0.29, 0.717) is 0 Å².